The average Bonchev–Trinajstić information content (AvgIpc) is 3.34. The van der Waals surface area contributed by atoms with E-state index in [9.17, 15) is 35.9 Å². The normalized spacial score (nSPS) is 34.0. The first-order valence-corrected chi connectivity index (χ1v) is 11.4. The molecule has 8 nitrogen and oxygen atoms in total. The number of alkyl halides is 6. The van der Waals surface area contributed by atoms with E-state index in [1.807, 2.05) is 0 Å². The molecule has 14 heteroatoms. The Kier molecular flexibility index (Phi) is 6.82. The van der Waals surface area contributed by atoms with Crippen molar-refractivity contribution in [1.82, 2.24) is 0 Å². The Labute approximate surface area is 196 Å². The standard InChI is InChI=1S/C21H26F6O8/c1-3-18(2,9-30-16(20(22,23)24)21(25,26)27)17(29)33-12-10-11(31-14(12)28)13-15(32-10)35-19(34-13)7-5-4-6-8-19/h10-13,15-16H,3-9H2,1-2H3. The molecule has 3 aliphatic heterocycles. The lowest BCUT2D eigenvalue weighted by Crippen LogP contribution is -2.48. The first-order valence-electron chi connectivity index (χ1n) is 11.4. The van der Waals surface area contributed by atoms with Crippen LogP contribution in [0, 0.1) is 5.41 Å². The molecule has 1 aliphatic carbocycles. The minimum absolute atomic E-state index is 0.231. The van der Waals surface area contributed by atoms with Gasteiger partial charge in [-0.05, 0) is 26.2 Å². The van der Waals surface area contributed by atoms with Gasteiger partial charge in [-0.2, -0.15) is 26.3 Å². The second-order valence-electron chi connectivity index (χ2n) is 9.56. The van der Waals surface area contributed by atoms with Crippen molar-refractivity contribution in [2.24, 2.45) is 5.41 Å². The van der Waals surface area contributed by atoms with Gasteiger partial charge in [0.1, 0.15) is 6.10 Å². The van der Waals surface area contributed by atoms with E-state index in [0.29, 0.717) is 12.8 Å². The third-order valence-electron chi connectivity index (χ3n) is 6.96. The van der Waals surface area contributed by atoms with Gasteiger partial charge >= 0.3 is 24.3 Å². The van der Waals surface area contributed by atoms with Crippen LogP contribution in [0.5, 0.6) is 0 Å². The molecule has 1 spiro atoms. The molecule has 4 fully saturated rings. The van der Waals surface area contributed by atoms with Crippen LogP contribution in [0.15, 0.2) is 0 Å². The van der Waals surface area contributed by atoms with Crippen LogP contribution in [0.25, 0.3) is 0 Å². The summed E-state index contributed by atoms with van der Waals surface area (Å²) < 4.78 is 109. The zero-order chi connectivity index (χ0) is 25.8. The third-order valence-corrected chi connectivity index (χ3v) is 6.96. The van der Waals surface area contributed by atoms with Crippen LogP contribution in [-0.4, -0.2) is 73.5 Å². The van der Waals surface area contributed by atoms with E-state index in [1.54, 1.807) is 0 Å². The number of halogens is 6. The zero-order valence-electron chi connectivity index (χ0n) is 18.9. The molecule has 0 aromatic heterocycles. The molecule has 35 heavy (non-hydrogen) atoms. The number of ether oxygens (including phenoxy) is 6. The second kappa shape index (κ2) is 9.03. The van der Waals surface area contributed by atoms with Crippen molar-refractivity contribution < 1.29 is 64.4 Å². The third kappa shape index (κ3) is 4.98. The van der Waals surface area contributed by atoms with Crippen molar-refractivity contribution in [3.63, 3.8) is 0 Å². The summed E-state index contributed by atoms with van der Waals surface area (Å²) >= 11 is 0. The number of carbonyl (C=O) groups excluding carboxylic acids is 2. The second-order valence-corrected chi connectivity index (χ2v) is 9.56. The zero-order valence-corrected chi connectivity index (χ0v) is 18.9. The molecule has 200 valence electrons. The van der Waals surface area contributed by atoms with Crippen molar-refractivity contribution in [2.75, 3.05) is 6.61 Å². The molecule has 3 heterocycles. The predicted octanol–water partition coefficient (Wildman–Crippen LogP) is 3.55. The van der Waals surface area contributed by atoms with Gasteiger partial charge in [0.15, 0.2) is 24.3 Å². The summed E-state index contributed by atoms with van der Waals surface area (Å²) in [5.41, 5.74) is -1.92. The summed E-state index contributed by atoms with van der Waals surface area (Å²) in [6.07, 6.45) is -16.9. The Morgan fingerprint density at radius 2 is 1.66 bits per heavy atom. The van der Waals surface area contributed by atoms with Gasteiger partial charge in [-0.25, -0.2) is 4.79 Å². The number of hydrogen-bond acceptors (Lipinski definition) is 8. The summed E-state index contributed by atoms with van der Waals surface area (Å²) in [6, 6.07) is 0. The molecule has 0 radical (unpaired) electrons. The lowest BCUT2D eigenvalue weighted by Gasteiger charge is -2.33. The first-order chi connectivity index (χ1) is 16.2. The number of hydrogen-bond donors (Lipinski definition) is 0. The summed E-state index contributed by atoms with van der Waals surface area (Å²) in [4.78, 5) is 25.2. The molecule has 4 aliphatic rings. The van der Waals surface area contributed by atoms with Gasteiger partial charge in [-0.15, -0.1) is 0 Å². The van der Waals surface area contributed by atoms with E-state index in [1.165, 1.54) is 6.92 Å². The molecule has 6 unspecified atom stereocenters. The molecule has 4 rings (SSSR count). The number of fused-ring (bicyclic) bond motifs is 3. The van der Waals surface area contributed by atoms with Crippen LogP contribution in [-0.2, 0) is 38.0 Å². The first kappa shape index (κ1) is 26.4. The summed E-state index contributed by atoms with van der Waals surface area (Å²) in [5.74, 6) is -3.01. The van der Waals surface area contributed by atoms with Crippen LogP contribution in [0.1, 0.15) is 52.4 Å². The Morgan fingerprint density at radius 1 is 1.03 bits per heavy atom. The van der Waals surface area contributed by atoms with Crippen molar-refractivity contribution >= 4 is 11.9 Å². The predicted molar refractivity (Wildman–Crippen MR) is 100 cm³/mol. The fourth-order valence-corrected chi connectivity index (χ4v) is 4.72. The molecular weight excluding hydrogens is 494 g/mol. The van der Waals surface area contributed by atoms with E-state index in [4.69, 9.17) is 23.7 Å². The largest absolute Gasteiger partial charge is 0.454 e. The molecule has 0 N–H and O–H groups in total. The number of carbonyl (C=O) groups is 2. The van der Waals surface area contributed by atoms with Crippen LogP contribution in [0.3, 0.4) is 0 Å². The molecule has 6 atom stereocenters. The van der Waals surface area contributed by atoms with Gasteiger partial charge < -0.3 is 28.4 Å². The van der Waals surface area contributed by atoms with Crippen molar-refractivity contribution in [3.8, 4) is 0 Å². The Hall–Kier alpha value is -1.64. The van der Waals surface area contributed by atoms with E-state index in [-0.39, 0.29) is 6.42 Å². The molecule has 0 bridgehead atoms. The average molecular weight is 520 g/mol. The highest BCUT2D eigenvalue weighted by molar-refractivity contribution is 5.84. The lowest BCUT2D eigenvalue weighted by atomic mass is 9.88. The van der Waals surface area contributed by atoms with Crippen LogP contribution < -0.4 is 0 Å². The maximum Gasteiger partial charge on any atom is 0.423 e. The SMILES string of the molecule is CCC(C)(COC(C(F)(F)F)C(F)(F)F)C(=O)OC1C(=O)OC2C3OC4(CCCCC4)OC3OC12. The Balaban J connectivity index is 1.40. The molecule has 0 amide bonds. The smallest absolute Gasteiger partial charge is 0.423 e. The van der Waals surface area contributed by atoms with Crippen molar-refractivity contribution in [2.45, 2.75) is 107 Å². The maximum atomic E-state index is 12.8. The number of rotatable bonds is 6. The van der Waals surface area contributed by atoms with Gasteiger partial charge in [0.25, 0.3) is 0 Å². The minimum Gasteiger partial charge on any atom is -0.454 e. The highest BCUT2D eigenvalue weighted by Crippen LogP contribution is 2.48. The summed E-state index contributed by atoms with van der Waals surface area (Å²) in [5, 5.41) is 0. The van der Waals surface area contributed by atoms with Crippen LogP contribution >= 0.6 is 0 Å². The quantitative estimate of drug-likeness (QED) is 0.388. The fraction of sp³-hybridized carbons (Fsp3) is 0.905. The molecule has 3 saturated heterocycles. The highest BCUT2D eigenvalue weighted by Gasteiger charge is 2.66. The van der Waals surface area contributed by atoms with Crippen molar-refractivity contribution in [1.29, 1.82) is 0 Å². The van der Waals surface area contributed by atoms with Gasteiger partial charge in [0, 0.05) is 12.8 Å². The molecular formula is C21H26F6O8. The van der Waals surface area contributed by atoms with Gasteiger partial charge in [0.05, 0.1) is 12.0 Å². The van der Waals surface area contributed by atoms with Crippen LogP contribution in [0.4, 0.5) is 26.3 Å². The van der Waals surface area contributed by atoms with E-state index in [0.717, 1.165) is 26.2 Å². The molecule has 0 aromatic rings. The van der Waals surface area contributed by atoms with Gasteiger partial charge in [-0.3, -0.25) is 4.79 Å². The summed E-state index contributed by atoms with van der Waals surface area (Å²) in [7, 11) is 0. The van der Waals surface area contributed by atoms with E-state index < -0.39 is 78.9 Å². The number of esters is 2. The van der Waals surface area contributed by atoms with E-state index in [2.05, 4.69) is 4.74 Å². The Bertz CT molecular complexity index is 812. The topological polar surface area (TPSA) is 89.5 Å². The lowest BCUT2D eigenvalue weighted by molar-refractivity contribution is -0.325. The Morgan fingerprint density at radius 3 is 2.23 bits per heavy atom. The maximum absolute atomic E-state index is 12.8. The summed E-state index contributed by atoms with van der Waals surface area (Å²) in [6.45, 7) is 1.20. The monoisotopic (exact) mass is 520 g/mol. The van der Waals surface area contributed by atoms with Crippen LogP contribution in [0.2, 0.25) is 0 Å². The molecule has 1 saturated carbocycles. The minimum atomic E-state index is -5.73. The van der Waals surface area contributed by atoms with Gasteiger partial charge in [0.2, 0.25) is 12.2 Å². The fourth-order valence-electron chi connectivity index (χ4n) is 4.72. The van der Waals surface area contributed by atoms with Crippen molar-refractivity contribution in [3.05, 3.63) is 0 Å². The molecule has 0 aromatic carbocycles. The van der Waals surface area contributed by atoms with E-state index >= 15 is 0 Å². The highest BCUT2D eigenvalue weighted by atomic mass is 19.4. The van der Waals surface area contributed by atoms with Gasteiger partial charge in [-0.1, -0.05) is 13.3 Å².